The van der Waals surface area contributed by atoms with Gasteiger partial charge in [-0.25, -0.2) is 5.43 Å². The molecule has 1 saturated heterocycles. The van der Waals surface area contributed by atoms with Crippen LogP contribution in [0.2, 0.25) is 0 Å². The van der Waals surface area contributed by atoms with Crippen LogP contribution in [0.25, 0.3) is 0 Å². The molecule has 0 bridgehead atoms. The van der Waals surface area contributed by atoms with Crippen molar-refractivity contribution in [2.75, 3.05) is 28.7 Å². The summed E-state index contributed by atoms with van der Waals surface area (Å²) in [5, 5.41) is 18.4. The Morgan fingerprint density at radius 1 is 0.969 bits per heavy atom. The fraction of sp³-hybridized carbons (Fsp3) is 0.273. The van der Waals surface area contributed by atoms with Crippen molar-refractivity contribution in [2.24, 2.45) is 5.10 Å². The first-order valence-corrected chi connectivity index (χ1v) is 10.5. The van der Waals surface area contributed by atoms with E-state index in [4.69, 9.17) is 0 Å². The third kappa shape index (κ3) is 5.34. The molecule has 4 rings (SSSR count). The number of nitrogens with one attached hydrogen (secondary N) is 2. The van der Waals surface area contributed by atoms with Crippen LogP contribution in [0.5, 0.6) is 0 Å². The molecule has 0 aliphatic carbocycles. The summed E-state index contributed by atoms with van der Waals surface area (Å²) >= 11 is 0. The molecule has 1 aromatic heterocycles. The van der Waals surface area contributed by atoms with Gasteiger partial charge >= 0.3 is 0 Å². The Labute approximate surface area is 185 Å². The molecule has 3 aromatic rings. The van der Waals surface area contributed by atoms with Crippen LogP contribution in [0.15, 0.2) is 59.7 Å². The molecule has 164 valence electrons. The van der Waals surface area contributed by atoms with E-state index in [1.165, 1.54) is 18.6 Å². The summed E-state index contributed by atoms with van der Waals surface area (Å²) in [6.07, 6.45) is 3.42. The summed E-state index contributed by atoms with van der Waals surface area (Å²) in [6, 6.07) is 15.9. The van der Waals surface area contributed by atoms with E-state index in [0.29, 0.717) is 23.6 Å². The topological polar surface area (TPSA) is 121 Å². The maximum atomic E-state index is 10.8. The van der Waals surface area contributed by atoms with E-state index in [1.54, 1.807) is 12.1 Å². The van der Waals surface area contributed by atoms with Crippen molar-refractivity contribution < 1.29 is 4.92 Å². The number of piperidine rings is 1. The van der Waals surface area contributed by atoms with Crippen molar-refractivity contribution >= 4 is 34.9 Å². The number of nitro benzene ring substituents is 1. The number of non-ortho nitro benzene ring substituents is 1. The first-order chi connectivity index (χ1) is 15.6. The van der Waals surface area contributed by atoms with Crippen molar-refractivity contribution in [3.63, 3.8) is 0 Å². The number of hydrogen-bond donors (Lipinski definition) is 2. The molecule has 32 heavy (non-hydrogen) atoms. The number of aromatic nitrogens is 3. The zero-order valence-electron chi connectivity index (χ0n) is 17.7. The number of para-hydroxylation sites is 1. The molecule has 1 aliphatic rings. The normalized spacial score (nSPS) is 14.2. The number of nitrogens with zero attached hydrogens (tertiary/aromatic N) is 6. The number of hydrazone groups is 1. The Morgan fingerprint density at radius 3 is 2.34 bits per heavy atom. The summed E-state index contributed by atoms with van der Waals surface area (Å²) in [4.78, 5) is 26.2. The molecule has 1 aliphatic heterocycles. The summed E-state index contributed by atoms with van der Waals surface area (Å²) in [5.74, 6) is 1.35. The minimum Gasteiger partial charge on any atom is -0.341 e. The van der Waals surface area contributed by atoms with Gasteiger partial charge in [-0.15, -0.1) is 0 Å². The monoisotopic (exact) mass is 432 g/mol. The van der Waals surface area contributed by atoms with Crippen molar-refractivity contribution in [1.82, 2.24) is 15.0 Å². The minimum atomic E-state index is -0.428. The molecule has 2 N–H and O–H groups in total. The second-order valence-corrected chi connectivity index (χ2v) is 7.43. The zero-order valence-corrected chi connectivity index (χ0v) is 17.7. The second kappa shape index (κ2) is 9.82. The molecule has 0 spiro atoms. The molecule has 0 unspecified atom stereocenters. The number of anilines is 4. The van der Waals surface area contributed by atoms with Crippen LogP contribution in [-0.2, 0) is 0 Å². The number of rotatable bonds is 7. The van der Waals surface area contributed by atoms with E-state index in [0.717, 1.165) is 37.2 Å². The van der Waals surface area contributed by atoms with Gasteiger partial charge in [-0.05, 0) is 56.0 Å². The third-order valence-corrected chi connectivity index (χ3v) is 5.11. The third-order valence-electron chi connectivity index (χ3n) is 5.11. The average Bonchev–Trinajstić information content (AvgIpc) is 2.83. The number of benzene rings is 2. The Morgan fingerprint density at radius 2 is 1.66 bits per heavy atom. The highest BCUT2D eigenvalue weighted by Crippen LogP contribution is 2.21. The Balaban J connectivity index is 1.57. The molecule has 0 saturated carbocycles. The van der Waals surface area contributed by atoms with E-state index < -0.39 is 4.92 Å². The van der Waals surface area contributed by atoms with E-state index in [1.807, 2.05) is 37.3 Å². The van der Waals surface area contributed by atoms with Gasteiger partial charge in [-0.1, -0.05) is 18.2 Å². The molecule has 10 nitrogen and oxygen atoms in total. The second-order valence-electron chi connectivity index (χ2n) is 7.43. The number of hydrogen-bond acceptors (Lipinski definition) is 9. The first kappa shape index (κ1) is 21.2. The summed E-state index contributed by atoms with van der Waals surface area (Å²) in [7, 11) is 0. The average molecular weight is 432 g/mol. The quantitative estimate of drug-likeness (QED) is 0.321. The van der Waals surface area contributed by atoms with Gasteiger partial charge in [0.15, 0.2) is 0 Å². The molecule has 0 amide bonds. The highest BCUT2D eigenvalue weighted by molar-refractivity contribution is 5.99. The van der Waals surface area contributed by atoms with E-state index in [9.17, 15) is 10.1 Å². The smallest absolute Gasteiger partial charge is 0.269 e. The van der Waals surface area contributed by atoms with Crippen LogP contribution in [0, 0.1) is 10.1 Å². The van der Waals surface area contributed by atoms with E-state index in [-0.39, 0.29) is 5.69 Å². The van der Waals surface area contributed by atoms with Crippen molar-refractivity contribution in [3.8, 4) is 0 Å². The van der Waals surface area contributed by atoms with Crippen LogP contribution < -0.4 is 15.6 Å². The fourth-order valence-corrected chi connectivity index (χ4v) is 3.38. The van der Waals surface area contributed by atoms with Gasteiger partial charge in [0, 0.05) is 30.9 Å². The van der Waals surface area contributed by atoms with Crippen molar-refractivity contribution in [3.05, 3.63) is 70.3 Å². The van der Waals surface area contributed by atoms with Crippen LogP contribution in [0.1, 0.15) is 31.7 Å². The summed E-state index contributed by atoms with van der Waals surface area (Å²) < 4.78 is 0. The molecule has 2 aromatic carbocycles. The molecule has 1 fully saturated rings. The van der Waals surface area contributed by atoms with Gasteiger partial charge in [0.05, 0.1) is 10.6 Å². The molecule has 0 radical (unpaired) electrons. The summed E-state index contributed by atoms with van der Waals surface area (Å²) in [5.41, 5.74) is 5.23. The molecular weight excluding hydrogens is 408 g/mol. The lowest BCUT2D eigenvalue weighted by Gasteiger charge is -2.26. The van der Waals surface area contributed by atoms with Crippen LogP contribution in [0.3, 0.4) is 0 Å². The van der Waals surface area contributed by atoms with Crippen LogP contribution in [0.4, 0.5) is 29.2 Å². The Hall–Kier alpha value is -4.08. The number of nitro groups is 1. The van der Waals surface area contributed by atoms with E-state index >= 15 is 0 Å². The first-order valence-electron chi connectivity index (χ1n) is 10.5. The standard InChI is InChI=1S/C22H24N8O2/c1-16(17-10-12-19(13-11-17)30(31)32)27-28-21-24-20(23-18-8-4-2-5-9-18)25-22(26-21)29-14-6-3-7-15-29/h2,4-5,8-13H,3,6-7,14-15H2,1H3,(H2,23,24,25,26,28)/b27-16+. The van der Waals surface area contributed by atoms with Crippen LogP contribution >= 0.6 is 0 Å². The predicted octanol–water partition coefficient (Wildman–Crippen LogP) is 4.35. The van der Waals surface area contributed by atoms with Crippen molar-refractivity contribution in [2.45, 2.75) is 26.2 Å². The Bertz CT molecular complexity index is 1100. The van der Waals surface area contributed by atoms with Crippen LogP contribution in [-0.4, -0.2) is 38.7 Å². The van der Waals surface area contributed by atoms with Gasteiger partial charge in [-0.2, -0.15) is 20.1 Å². The maximum Gasteiger partial charge on any atom is 0.269 e. The largest absolute Gasteiger partial charge is 0.341 e. The lowest BCUT2D eigenvalue weighted by molar-refractivity contribution is -0.384. The van der Waals surface area contributed by atoms with Gasteiger partial charge in [0.2, 0.25) is 17.8 Å². The fourth-order valence-electron chi connectivity index (χ4n) is 3.38. The maximum absolute atomic E-state index is 10.8. The Kier molecular flexibility index (Phi) is 6.49. The van der Waals surface area contributed by atoms with Gasteiger partial charge in [0.25, 0.3) is 5.69 Å². The zero-order chi connectivity index (χ0) is 22.3. The SMILES string of the molecule is C/C(=N\Nc1nc(Nc2ccccc2)nc(N2CCCCC2)n1)c1ccc([N+](=O)[O-])cc1. The lowest BCUT2D eigenvalue weighted by Crippen LogP contribution is -2.31. The predicted molar refractivity (Wildman–Crippen MR) is 125 cm³/mol. The van der Waals surface area contributed by atoms with Gasteiger partial charge in [-0.3, -0.25) is 10.1 Å². The lowest BCUT2D eigenvalue weighted by atomic mass is 10.1. The highest BCUT2D eigenvalue weighted by Gasteiger charge is 2.16. The molecule has 10 heteroatoms. The van der Waals surface area contributed by atoms with Gasteiger partial charge < -0.3 is 10.2 Å². The van der Waals surface area contributed by atoms with Gasteiger partial charge in [0.1, 0.15) is 0 Å². The van der Waals surface area contributed by atoms with Crippen molar-refractivity contribution in [1.29, 1.82) is 0 Å². The molecule has 2 heterocycles. The highest BCUT2D eigenvalue weighted by atomic mass is 16.6. The molecule has 0 atom stereocenters. The molecular formula is C22H24N8O2. The van der Waals surface area contributed by atoms with E-state index in [2.05, 4.69) is 35.7 Å². The minimum absolute atomic E-state index is 0.0368. The summed E-state index contributed by atoms with van der Waals surface area (Å²) in [6.45, 7) is 3.61.